The molecule has 1 aromatic rings. The molecule has 0 aliphatic carbocycles. The molecule has 1 aliphatic heterocycles. The van der Waals surface area contributed by atoms with Crippen molar-refractivity contribution in [2.45, 2.75) is 51.3 Å². The molecule has 1 fully saturated rings. The standard InChI is InChI=1S/C16H26N4O3/c1-12(21)20-8-4-5-15(23-3)14(20)6-7-16(22)17-9-13-10-19(2)11-18-13/h10-11,14-15H,4-9H2,1-3H3,(H,17,22)/t14-,15-/m0/s1. The number of hydrogen-bond donors (Lipinski definition) is 1. The summed E-state index contributed by atoms with van der Waals surface area (Å²) >= 11 is 0. The Morgan fingerprint density at radius 2 is 2.26 bits per heavy atom. The van der Waals surface area contributed by atoms with Gasteiger partial charge in [0.15, 0.2) is 0 Å². The van der Waals surface area contributed by atoms with E-state index in [1.807, 2.05) is 22.7 Å². The van der Waals surface area contributed by atoms with Crippen LogP contribution in [0.15, 0.2) is 12.5 Å². The van der Waals surface area contributed by atoms with Crippen LogP contribution < -0.4 is 5.32 Å². The molecule has 2 amide bonds. The number of ether oxygens (including phenoxy) is 1. The van der Waals surface area contributed by atoms with Crippen molar-refractivity contribution in [2.24, 2.45) is 7.05 Å². The normalized spacial score (nSPS) is 21.3. The van der Waals surface area contributed by atoms with Crippen molar-refractivity contribution in [3.05, 3.63) is 18.2 Å². The summed E-state index contributed by atoms with van der Waals surface area (Å²) in [5.41, 5.74) is 0.832. The maximum atomic E-state index is 12.0. The number of hydrogen-bond acceptors (Lipinski definition) is 4. The number of piperidine rings is 1. The molecule has 1 saturated heterocycles. The number of carbonyl (C=O) groups excluding carboxylic acids is 2. The quantitative estimate of drug-likeness (QED) is 0.842. The fourth-order valence-corrected chi connectivity index (χ4v) is 3.14. The molecule has 2 atom stereocenters. The number of methoxy groups -OCH3 is 1. The van der Waals surface area contributed by atoms with E-state index >= 15 is 0 Å². The Hall–Kier alpha value is -1.89. The van der Waals surface area contributed by atoms with Crippen LogP contribution in [0.1, 0.15) is 38.3 Å². The third-order valence-corrected chi connectivity index (χ3v) is 4.32. The van der Waals surface area contributed by atoms with Gasteiger partial charge in [-0.3, -0.25) is 9.59 Å². The summed E-state index contributed by atoms with van der Waals surface area (Å²) in [6, 6.07) is -0.0214. The summed E-state index contributed by atoms with van der Waals surface area (Å²) in [6.07, 6.45) is 6.46. The molecule has 1 N–H and O–H groups in total. The number of likely N-dealkylation sites (tertiary alicyclic amines) is 1. The first-order valence-electron chi connectivity index (χ1n) is 8.04. The summed E-state index contributed by atoms with van der Waals surface area (Å²) in [4.78, 5) is 29.8. The molecule has 23 heavy (non-hydrogen) atoms. The van der Waals surface area contributed by atoms with Crippen LogP contribution in [-0.4, -0.2) is 52.1 Å². The van der Waals surface area contributed by atoms with Crippen molar-refractivity contribution >= 4 is 11.8 Å². The summed E-state index contributed by atoms with van der Waals surface area (Å²) in [7, 11) is 3.56. The van der Waals surface area contributed by atoms with E-state index in [2.05, 4.69) is 10.3 Å². The van der Waals surface area contributed by atoms with Crippen molar-refractivity contribution < 1.29 is 14.3 Å². The monoisotopic (exact) mass is 322 g/mol. The second-order valence-corrected chi connectivity index (χ2v) is 6.04. The van der Waals surface area contributed by atoms with Gasteiger partial charge in [-0.2, -0.15) is 0 Å². The van der Waals surface area contributed by atoms with E-state index in [1.54, 1.807) is 20.4 Å². The smallest absolute Gasteiger partial charge is 0.220 e. The predicted molar refractivity (Wildman–Crippen MR) is 85.5 cm³/mol. The van der Waals surface area contributed by atoms with Crippen molar-refractivity contribution in [3.63, 3.8) is 0 Å². The van der Waals surface area contributed by atoms with Gasteiger partial charge in [-0.05, 0) is 19.3 Å². The minimum Gasteiger partial charge on any atom is -0.379 e. The van der Waals surface area contributed by atoms with E-state index in [4.69, 9.17) is 4.74 Å². The number of rotatable bonds is 6. The van der Waals surface area contributed by atoms with Crippen molar-refractivity contribution in [2.75, 3.05) is 13.7 Å². The highest BCUT2D eigenvalue weighted by Gasteiger charge is 2.33. The molecule has 0 aromatic carbocycles. The number of nitrogens with one attached hydrogen (secondary N) is 1. The molecule has 0 radical (unpaired) electrons. The van der Waals surface area contributed by atoms with Crippen LogP contribution in [0.5, 0.6) is 0 Å². The fourth-order valence-electron chi connectivity index (χ4n) is 3.14. The second kappa shape index (κ2) is 8.10. The van der Waals surface area contributed by atoms with Crippen LogP contribution in [-0.2, 0) is 27.9 Å². The Morgan fingerprint density at radius 3 is 2.87 bits per heavy atom. The van der Waals surface area contributed by atoms with Gasteiger partial charge in [0.05, 0.1) is 30.7 Å². The van der Waals surface area contributed by atoms with Gasteiger partial charge < -0.3 is 19.5 Å². The van der Waals surface area contributed by atoms with Crippen LogP contribution >= 0.6 is 0 Å². The number of imidazole rings is 1. The molecule has 2 rings (SSSR count). The number of carbonyl (C=O) groups is 2. The van der Waals surface area contributed by atoms with Gasteiger partial charge in [0.2, 0.25) is 11.8 Å². The van der Waals surface area contributed by atoms with Crippen LogP contribution in [0.4, 0.5) is 0 Å². The van der Waals surface area contributed by atoms with Gasteiger partial charge in [0.1, 0.15) is 0 Å². The Bertz CT molecular complexity index is 543. The summed E-state index contributed by atoms with van der Waals surface area (Å²) in [6.45, 7) is 2.75. The maximum Gasteiger partial charge on any atom is 0.220 e. The lowest BCUT2D eigenvalue weighted by atomic mass is 9.94. The topological polar surface area (TPSA) is 76.5 Å². The maximum absolute atomic E-state index is 12.0. The fraction of sp³-hybridized carbons (Fsp3) is 0.688. The van der Waals surface area contributed by atoms with Gasteiger partial charge in [-0.15, -0.1) is 0 Å². The highest BCUT2D eigenvalue weighted by Crippen LogP contribution is 2.23. The lowest BCUT2D eigenvalue weighted by Gasteiger charge is -2.40. The molecule has 0 bridgehead atoms. The molecule has 1 aliphatic rings. The first-order valence-corrected chi connectivity index (χ1v) is 8.04. The highest BCUT2D eigenvalue weighted by atomic mass is 16.5. The van der Waals surface area contributed by atoms with Gasteiger partial charge in [0, 0.05) is 40.2 Å². The van der Waals surface area contributed by atoms with Gasteiger partial charge in [0.25, 0.3) is 0 Å². The van der Waals surface area contributed by atoms with E-state index in [0.29, 0.717) is 19.4 Å². The largest absolute Gasteiger partial charge is 0.379 e. The molecule has 7 heteroatoms. The number of aryl methyl sites for hydroxylation is 1. The number of aromatic nitrogens is 2. The van der Waals surface area contributed by atoms with E-state index < -0.39 is 0 Å². The molecular weight excluding hydrogens is 296 g/mol. The molecule has 128 valence electrons. The molecule has 0 saturated carbocycles. The third-order valence-electron chi connectivity index (χ3n) is 4.32. The Morgan fingerprint density at radius 1 is 1.48 bits per heavy atom. The summed E-state index contributed by atoms with van der Waals surface area (Å²) < 4.78 is 7.35. The van der Waals surface area contributed by atoms with E-state index in [-0.39, 0.29) is 24.0 Å². The lowest BCUT2D eigenvalue weighted by Crippen LogP contribution is -2.51. The predicted octanol–water partition coefficient (Wildman–Crippen LogP) is 0.842. The second-order valence-electron chi connectivity index (χ2n) is 6.04. The average molecular weight is 322 g/mol. The van der Waals surface area contributed by atoms with Crippen molar-refractivity contribution in [1.82, 2.24) is 19.8 Å². The SMILES string of the molecule is CO[C@H]1CCCN(C(C)=O)[C@H]1CCC(=O)NCc1cn(C)cn1. The highest BCUT2D eigenvalue weighted by molar-refractivity contribution is 5.76. The molecular formula is C16H26N4O3. The Kier molecular flexibility index (Phi) is 6.15. The van der Waals surface area contributed by atoms with Crippen LogP contribution in [0.3, 0.4) is 0 Å². The zero-order chi connectivity index (χ0) is 16.8. The molecule has 1 aromatic heterocycles. The summed E-state index contributed by atoms with van der Waals surface area (Å²) in [5, 5.41) is 2.87. The van der Waals surface area contributed by atoms with Gasteiger partial charge >= 0.3 is 0 Å². The average Bonchev–Trinajstić information content (AvgIpc) is 2.95. The van der Waals surface area contributed by atoms with E-state index in [1.165, 1.54) is 0 Å². The zero-order valence-corrected chi connectivity index (χ0v) is 14.1. The summed E-state index contributed by atoms with van der Waals surface area (Å²) in [5.74, 6) is 0.0187. The van der Waals surface area contributed by atoms with Crippen LogP contribution in [0, 0.1) is 0 Å². The zero-order valence-electron chi connectivity index (χ0n) is 14.1. The van der Waals surface area contributed by atoms with E-state index in [9.17, 15) is 9.59 Å². The number of nitrogens with zero attached hydrogens (tertiary/aromatic N) is 3. The first kappa shape index (κ1) is 17.5. The Balaban J connectivity index is 1.83. The number of amides is 2. The minimum absolute atomic E-state index is 0.0104. The minimum atomic E-state index is -0.0282. The van der Waals surface area contributed by atoms with Gasteiger partial charge in [-0.1, -0.05) is 0 Å². The van der Waals surface area contributed by atoms with Crippen LogP contribution in [0.25, 0.3) is 0 Å². The molecule has 0 spiro atoms. The molecule has 0 unspecified atom stereocenters. The molecule has 7 nitrogen and oxygen atoms in total. The Labute approximate surface area is 137 Å². The van der Waals surface area contributed by atoms with Crippen molar-refractivity contribution in [1.29, 1.82) is 0 Å². The van der Waals surface area contributed by atoms with Crippen molar-refractivity contribution in [3.8, 4) is 0 Å². The van der Waals surface area contributed by atoms with E-state index in [0.717, 1.165) is 25.1 Å². The lowest BCUT2D eigenvalue weighted by molar-refractivity contribution is -0.138. The first-order chi connectivity index (χ1) is 11.0. The third kappa shape index (κ3) is 4.79. The van der Waals surface area contributed by atoms with Crippen LogP contribution in [0.2, 0.25) is 0 Å². The van der Waals surface area contributed by atoms with Gasteiger partial charge in [-0.25, -0.2) is 4.98 Å². The molecule has 2 heterocycles.